The number of unbranched alkanes of at least 4 members (excludes halogenated alkanes) is 9. The predicted octanol–water partition coefficient (Wildman–Crippen LogP) is -0.516. The van der Waals surface area contributed by atoms with Gasteiger partial charge in [-0.05, 0) is 12.8 Å². The standard InChI is InChI=1S/C16H31NO4S.Na/c1-2-3-4-5-6-7-8-9-10-11-12-15-22(20,21)17-14-13-16(18)19;/h12,15,17H,2-11,13-14H2,1H3,(H,18,19);/q;+1/p-1/b15-12+;. The van der Waals surface area contributed by atoms with E-state index in [1.54, 1.807) is 6.08 Å². The van der Waals surface area contributed by atoms with E-state index in [9.17, 15) is 18.3 Å². The molecule has 0 aromatic heterocycles. The van der Waals surface area contributed by atoms with Crippen molar-refractivity contribution in [1.29, 1.82) is 0 Å². The van der Waals surface area contributed by atoms with Crippen LogP contribution in [0.25, 0.3) is 0 Å². The van der Waals surface area contributed by atoms with E-state index in [0.717, 1.165) is 24.7 Å². The monoisotopic (exact) mass is 355 g/mol. The second-order valence-corrected chi connectivity index (χ2v) is 7.20. The fraction of sp³-hybridized carbons (Fsp3) is 0.812. The molecule has 0 amide bonds. The van der Waals surface area contributed by atoms with Crippen LogP contribution in [0.1, 0.15) is 77.6 Å². The fourth-order valence-corrected chi connectivity index (χ4v) is 2.98. The summed E-state index contributed by atoms with van der Waals surface area (Å²) < 4.78 is 25.1. The first kappa shape index (κ1) is 25.4. The van der Waals surface area contributed by atoms with E-state index in [4.69, 9.17) is 0 Å². The average molecular weight is 355 g/mol. The Morgan fingerprint density at radius 2 is 1.52 bits per heavy atom. The van der Waals surface area contributed by atoms with Crippen LogP contribution in [0.4, 0.5) is 0 Å². The van der Waals surface area contributed by atoms with Gasteiger partial charge in [-0.15, -0.1) is 0 Å². The van der Waals surface area contributed by atoms with E-state index >= 15 is 0 Å². The summed E-state index contributed by atoms with van der Waals surface area (Å²) in [5.41, 5.74) is 0. The zero-order valence-corrected chi connectivity index (χ0v) is 17.5. The van der Waals surface area contributed by atoms with Crippen LogP contribution in [0.15, 0.2) is 11.5 Å². The number of nitrogens with one attached hydrogen (secondary N) is 1. The maximum absolute atomic E-state index is 11.5. The first-order chi connectivity index (χ1) is 10.5. The van der Waals surface area contributed by atoms with Crippen molar-refractivity contribution in [2.75, 3.05) is 6.54 Å². The van der Waals surface area contributed by atoms with Crippen molar-refractivity contribution in [2.45, 2.75) is 77.6 Å². The molecule has 0 aliphatic carbocycles. The number of carbonyl (C=O) groups excluding carboxylic acids is 1. The van der Waals surface area contributed by atoms with Crippen LogP contribution in [0.3, 0.4) is 0 Å². The van der Waals surface area contributed by atoms with Gasteiger partial charge < -0.3 is 9.90 Å². The maximum Gasteiger partial charge on any atom is 1.00 e. The van der Waals surface area contributed by atoms with Gasteiger partial charge >= 0.3 is 29.6 Å². The Labute approximate surface area is 163 Å². The third kappa shape index (κ3) is 20.1. The third-order valence-electron chi connectivity index (χ3n) is 3.38. The minimum absolute atomic E-state index is 0. The number of carboxylic acids is 1. The molecule has 0 bridgehead atoms. The van der Waals surface area contributed by atoms with Gasteiger partial charge in [0, 0.05) is 24.3 Å². The van der Waals surface area contributed by atoms with Gasteiger partial charge in [-0.25, -0.2) is 13.1 Å². The Hall–Kier alpha value is 0.120. The van der Waals surface area contributed by atoms with Crippen LogP contribution < -0.4 is 39.4 Å². The summed E-state index contributed by atoms with van der Waals surface area (Å²) in [7, 11) is -3.51. The summed E-state index contributed by atoms with van der Waals surface area (Å²) in [6, 6.07) is 0. The molecular weight excluding hydrogens is 325 g/mol. The van der Waals surface area contributed by atoms with Gasteiger partial charge in [0.25, 0.3) is 0 Å². The van der Waals surface area contributed by atoms with Crippen molar-refractivity contribution in [2.24, 2.45) is 0 Å². The first-order valence-electron chi connectivity index (χ1n) is 8.34. The average Bonchev–Trinajstić information content (AvgIpc) is 2.44. The van der Waals surface area contributed by atoms with Crippen molar-refractivity contribution in [3.05, 3.63) is 11.5 Å². The Kier molecular flexibility index (Phi) is 18.7. The van der Waals surface area contributed by atoms with Crippen LogP contribution in [0, 0.1) is 0 Å². The Bertz CT molecular complexity index is 410. The van der Waals surface area contributed by atoms with E-state index in [-0.39, 0.29) is 42.5 Å². The van der Waals surface area contributed by atoms with Crippen molar-refractivity contribution in [3.8, 4) is 0 Å². The van der Waals surface area contributed by atoms with E-state index in [0.29, 0.717) is 0 Å². The summed E-state index contributed by atoms with van der Waals surface area (Å²) in [4.78, 5) is 10.2. The van der Waals surface area contributed by atoms with Crippen LogP contribution in [-0.2, 0) is 14.8 Å². The molecule has 0 saturated carbocycles. The molecule has 0 unspecified atom stereocenters. The number of aliphatic carboxylic acids is 1. The van der Waals surface area contributed by atoms with Crippen LogP contribution in [0.2, 0.25) is 0 Å². The SMILES string of the molecule is CCCCCCCCCCC/C=C/S(=O)(=O)NCCC(=O)[O-].[Na+]. The number of carbonyl (C=O) groups is 1. The third-order valence-corrected chi connectivity index (χ3v) is 4.54. The Morgan fingerprint density at radius 1 is 1.00 bits per heavy atom. The second kappa shape index (κ2) is 17.0. The number of sulfonamides is 1. The Morgan fingerprint density at radius 3 is 2.04 bits per heavy atom. The van der Waals surface area contributed by atoms with E-state index in [2.05, 4.69) is 11.6 Å². The summed E-state index contributed by atoms with van der Waals surface area (Å²) in [6.45, 7) is 2.08. The Balaban J connectivity index is 0. The van der Waals surface area contributed by atoms with Gasteiger partial charge in [-0.2, -0.15) is 0 Å². The van der Waals surface area contributed by atoms with Crippen molar-refractivity contribution in [1.82, 2.24) is 4.72 Å². The second-order valence-electron chi connectivity index (χ2n) is 5.55. The number of allylic oxidation sites excluding steroid dienone is 1. The van der Waals surface area contributed by atoms with Gasteiger partial charge in [-0.1, -0.05) is 64.4 Å². The fourth-order valence-electron chi connectivity index (χ4n) is 2.11. The zero-order chi connectivity index (χ0) is 16.7. The van der Waals surface area contributed by atoms with E-state index in [1.165, 1.54) is 44.9 Å². The van der Waals surface area contributed by atoms with Gasteiger partial charge in [0.1, 0.15) is 0 Å². The minimum Gasteiger partial charge on any atom is -0.550 e. The van der Waals surface area contributed by atoms with Crippen molar-refractivity contribution in [3.63, 3.8) is 0 Å². The van der Waals surface area contributed by atoms with Gasteiger partial charge in [-0.3, -0.25) is 0 Å². The molecule has 0 fully saturated rings. The molecule has 1 N–H and O–H groups in total. The molecule has 0 atom stereocenters. The molecule has 0 radical (unpaired) electrons. The molecule has 23 heavy (non-hydrogen) atoms. The van der Waals surface area contributed by atoms with Crippen LogP contribution in [0.5, 0.6) is 0 Å². The van der Waals surface area contributed by atoms with Gasteiger partial charge in [0.2, 0.25) is 10.0 Å². The number of hydrogen-bond acceptors (Lipinski definition) is 4. The molecule has 0 rings (SSSR count). The van der Waals surface area contributed by atoms with Crippen molar-refractivity contribution < 1.29 is 47.9 Å². The summed E-state index contributed by atoms with van der Waals surface area (Å²) in [5, 5.41) is 11.3. The largest absolute Gasteiger partial charge is 1.00 e. The summed E-state index contributed by atoms with van der Waals surface area (Å²) in [6.07, 6.45) is 13.2. The molecule has 5 nitrogen and oxygen atoms in total. The number of carboxylic acid groups (broad SMARTS) is 1. The molecule has 7 heteroatoms. The van der Waals surface area contributed by atoms with E-state index in [1.807, 2.05) is 0 Å². The predicted molar refractivity (Wildman–Crippen MR) is 87.5 cm³/mol. The molecule has 0 heterocycles. The topological polar surface area (TPSA) is 86.3 Å². The smallest absolute Gasteiger partial charge is 0.550 e. The molecule has 0 aromatic carbocycles. The molecule has 0 aliphatic rings. The minimum atomic E-state index is -3.51. The summed E-state index contributed by atoms with van der Waals surface area (Å²) in [5.74, 6) is -1.26. The zero-order valence-electron chi connectivity index (χ0n) is 14.7. The van der Waals surface area contributed by atoms with Crippen molar-refractivity contribution >= 4 is 16.0 Å². The molecule has 0 saturated heterocycles. The molecule has 0 spiro atoms. The number of rotatable bonds is 15. The van der Waals surface area contributed by atoms with Crippen LogP contribution >= 0.6 is 0 Å². The molecule has 0 aromatic rings. The quantitative estimate of drug-likeness (QED) is 0.316. The molecule has 0 aliphatic heterocycles. The first-order valence-corrected chi connectivity index (χ1v) is 9.88. The van der Waals surface area contributed by atoms with E-state index < -0.39 is 16.0 Å². The normalized spacial score (nSPS) is 11.5. The molecular formula is C16H30NNaO4S. The molecule has 130 valence electrons. The number of hydrogen-bond donors (Lipinski definition) is 1. The maximum atomic E-state index is 11.5. The van der Waals surface area contributed by atoms with Gasteiger partial charge in [0.15, 0.2) is 0 Å². The van der Waals surface area contributed by atoms with Crippen LogP contribution in [-0.4, -0.2) is 20.9 Å². The summed E-state index contributed by atoms with van der Waals surface area (Å²) >= 11 is 0. The van der Waals surface area contributed by atoms with Gasteiger partial charge in [0.05, 0.1) is 0 Å².